The molecule has 0 spiro atoms. The standard InChI is InChI=1S/C7H6F6O3/c8-1-4-5(16-7(11,12)13)15-6(2-9,3-10)14-4/h1-3H2. The minimum atomic E-state index is -5.16. The summed E-state index contributed by atoms with van der Waals surface area (Å²) in [5, 5.41) is 0. The molecule has 0 atom stereocenters. The van der Waals surface area contributed by atoms with Crippen LogP contribution in [0.4, 0.5) is 26.3 Å². The van der Waals surface area contributed by atoms with Crippen molar-refractivity contribution in [3.8, 4) is 0 Å². The highest BCUT2D eigenvalue weighted by Gasteiger charge is 2.48. The van der Waals surface area contributed by atoms with Crippen molar-refractivity contribution in [3.05, 3.63) is 11.7 Å². The second kappa shape index (κ2) is 4.30. The number of allylic oxidation sites excluding steroid dienone is 1. The van der Waals surface area contributed by atoms with E-state index in [1.54, 1.807) is 0 Å². The van der Waals surface area contributed by atoms with Crippen molar-refractivity contribution in [2.24, 2.45) is 0 Å². The molecule has 0 amide bonds. The molecule has 0 radical (unpaired) electrons. The average molecular weight is 252 g/mol. The van der Waals surface area contributed by atoms with Crippen LogP contribution in [0.15, 0.2) is 11.7 Å². The summed E-state index contributed by atoms with van der Waals surface area (Å²) < 4.78 is 83.7. The zero-order chi connectivity index (χ0) is 12.4. The minimum absolute atomic E-state index is 1.03. The molecule has 0 aromatic carbocycles. The maximum absolute atomic E-state index is 12.3. The molecule has 0 aromatic rings. The third-order valence-electron chi connectivity index (χ3n) is 1.55. The van der Waals surface area contributed by atoms with E-state index in [2.05, 4.69) is 14.2 Å². The van der Waals surface area contributed by atoms with Gasteiger partial charge in [0, 0.05) is 0 Å². The van der Waals surface area contributed by atoms with Gasteiger partial charge in [0.15, 0.2) is 20.0 Å². The summed E-state index contributed by atoms with van der Waals surface area (Å²) in [5.74, 6) is -5.03. The molecule has 0 aliphatic carbocycles. The molecule has 94 valence electrons. The lowest BCUT2D eigenvalue weighted by Gasteiger charge is -2.21. The first kappa shape index (κ1) is 12.8. The second-order valence-electron chi connectivity index (χ2n) is 2.77. The lowest BCUT2D eigenvalue weighted by Crippen LogP contribution is -2.36. The number of ether oxygens (including phenoxy) is 3. The van der Waals surface area contributed by atoms with E-state index in [0.29, 0.717) is 0 Å². The van der Waals surface area contributed by atoms with Crippen LogP contribution in [-0.4, -0.2) is 32.2 Å². The number of halogens is 6. The summed E-state index contributed by atoms with van der Waals surface area (Å²) in [5.41, 5.74) is 0. The van der Waals surface area contributed by atoms with Crippen LogP contribution in [0.1, 0.15) is 0 Å². The van der Waals surface area contributed by atoms with E-state index in [0.717, 1.165) is 0 Å². The maximum Gasteiger partial charge on any atom is 0.575 e. The van der Waals surface area contributed by atoms with E-state index in [1.807, 2.05) is 0 Å². The third-order valence-corrected chi connectivity index (χ3v) is 1.55. The van der Waals surface area contributed by atoms with Gasteiger partial charge in [-0.2, -0.15) is 0 Å². The van der Waals surface area contributed by atoms with E-state index in [-0.39, 0.29) is 0 Å². The van der Waals surface area contributed by atoms with Crippen molar-refractivity contribution in [1.82, 2.24) is 0 Å². The summed E-state index contributed by atoms with van der Waals surface area (Å²) in [4.78, 5) is 0. The van der Waals surface area contributed by atoms with Gasteiger partial charge < -0.3 is 14.2 Å². The van der Waals surface area contributed by atoms with Gasteiger partial charge in [0.25, 0.3) is 0 Å². The van der Waals surface area contributed by atoms with E-state index < -0.39 is 43.9 Å². The Morgan fingerprint density at radius 2 is 1.62 bits per heavy atom. The topological polar surface area (TPSA) is 27.7 Å². The molecular weight excluding hydrogens is 246 g/mol. The van der Waals surface area contributed by atoms with Gasteiger partial charge in [-0.25, -0.2) is 13.2 Å². The maximum atomic E-state index is 12.3. The lowest BCUT2D eigenvalue weighted by atomic mass is 10.3. The smallest absolute Gasteiger partial charge is 0.441 e. The van der Waals surface area contributed by atoms with Gasteiger partial charge in [-0.3, -0.25) is 0 Å². The zero-order valence-corrected chi connectivity index (χ0v) is 7.61. The number of hydrogen-bond acceptors (Lipinski definition) is 3. The van der Waals surface area contributed by atoms with Crippen molar-refractivity contribution >= 4 is 0 Å². The molecule has 0 fully saturated rings. The number of alkyl halides is 6. The van der Waals surface area contributed by atoms with Crippen LogP contribution >= 0.6 is 0 Å². The van der Waals surface area contributed by atoms with Crippen molar-refractivity contribution < 1.29 is 40.6 Å². The summed E-state index contributed by atoms with van der Waals surface area (Å²) in [6.45, 7) is -4.71. The third kappa shape index (κ3) is 2.64. The monoisotopic (exact) mass is 252 g/mol. The van der Waals surface area contributed by atoms with Crippen molar-refractivity contribution in [2.45, 2.75) is 12.1 Å². The first-order chi connectivity index (χ1) is 7.36. The normalized spacial score (nSPS) is 19.4. The molecule has 0 aromatic heterocycles. The van der Waals surface area contributed by atoms with E-state index >= 15 is 0 Å². The molecule has 1 aliphatic rings. The van der Waals surface area contributed by atoms with Crippen LogP contribution in [0.5, 0.6) is 0 Å². The molecule has 0 N–H and O–H groups in total. The lowest BCUT2D eigenvalue weighted by molar-refractivity contribution is -0.330. The van der Waals surface area contributed by atoms with Crippen molar-refractivity contribution in [3.63, 3.8) is 0 Å². The molecule has 0 saturated carbocycles. The molecule has 0 unspecified atom stereocenters. The van der Waals surface area contributed by atoms with E-state index in [4.69, 9.17) is 0 Å². The van der Waals surface area contributed by atoms with Gasteiger partial charge in [0.05, 0.1) is 0 Å². The Morgan fingerprint density at radius 3 is 2.00 bits per heavy atom. The Balaban J connectivity index is 2.82. The van der Waals surface area contributed by atoms with Gasteiger partial charge in [0.1, 0.15) is 0 Å². The van der Waals surface area contributed by atoms with Crippen LogP contribution in [-0.2, 0) is 14.2 Å². The van der Waals surface area contributed by atoms with Gasteiger partial charge in [-0.15, -0.1) is 13.2 Å². The highest BCUT2D eigenvalue weighted by Crippen LogP contribution is 2.36. The Labute approximate surface area is 85.6 Å². The molecule has 16 heavy (non-hydrogen) atoms. The number of hydrogen-bond donors (Lipinski definition) is 0. The first-order valence-corrected chi connectivity index (χ1v) is 3.90. The first-order valence-electron chi connectivity index (χ1n) is 3.90. The fourth-order valence-corrected chi connectivity index (χ4v) is 0.922. The molecule has 0 bridgehead atoms. The molecule has 1 rings (SSSR count). The predicted octanol–water partition coefficient (Wildman–Crippen LogP) is 2.34. The van der Waals surface area contributed by atoms with Crippen LogP contribution in [0.3, 0.4) is 0 Å². The summed E-state index contributed by atoms with van der Waals surface area (Å²) in [6, 6.07) is 0. The second-order valence-corrected chi connectivity index (χ2v) is 2.77. The van der Waals surface area contributed by atoms with E-state index in [1.165, 1.54) is 0 Å². The minimum Gasteiger partial charge on any atom is -0.441 e. The Bertz CT molecular complexity index is 282. The van der Waals surface area contributed by atoms with Gasteiger partial charge >= 0.3 is 18.1 Å². The highest BCUT2D eigenvalue weighted by molar-refractivity contribution is 5.04. The molecule has 3 nitrogen and oxygen atoms in total. The Morgan fingerprint density at radius 1 is 1.06 bits per heavy atom. The summed E-state index contributed by atoms with van der Waals surface area (Å²) >= 11 is 0. The molecule has 0 saturated heterocycles. The Kier molecular flexibility index (Phi) is 3.44. The fourth-order valence-electron chi connectivity index (χ4n) is 0.922. The van der Waals surface area contributed by atoms with Crippen molar-refractivity contribution in [2.75, 3.05) is 20.0 Å². The highest BCUT2D eigenvalue weighted by atomic mass is 19.4. The van der Waals surface area contributed by atoms with Crippen LogP contribution in [0.25, 0.3) is 0 Å². The van der Waals surface area contributed by atoms with Crippen LogP contribution < -0.4 is 0 Å². The number of rotatable bonds is 4. The van der Waals surface area contributed by atoms with E-state index in [9.17, 15) is 26.3 Å². The molecule has 9 heteroatoms. The molecular formula is C7H6F6O3. The summed E-state index contributed by atoms with van der Waals surface area (Å²) in [7, 11) is 0. The zero-order valence-electron chi connectivity index (χ0n) is 7.61. The van der Waals surface area contributed by atoms with Gasteiger partial charge in [-0.05, 0) is 0 Å². The van der Waals surface area contributed by atoms with Gasteiger partial charge in [0.2, 0.25) is 5.76 Å². The predicted molar refractivity (Wildman–Crippen MR) is 37.0 cm³/mol. The van der Waals surface area contributed by atoms with Crippen molar-refractivity contribution in [1.29, 1.82) is 0 Å². The SMILES string of the molecule is FCC1=C(OC(F)(F)F)OC(CF)(CF)O1. The van der Waals surface area contributed by atoms with Crippen LogP contribution in [0, 0.1) is 0 Å². The van der Waals surface area contributed by atoms with Crippen LogP contribution in [0.2, 0.25) is 0 Å². The quantitative estimate of drug-likeness (QED) is 0.719. The largest absolute Gasteiger partial charge is 0.575 e. The molecule has 1 heterocycles. The summed E-state index contributed by atoms with van der Waals surface area (Å²) in [6.07, 6.45) is -5.16. The Hall–Kier alpha value is -1.28. The molecule has 1 aliphatic heterocycles. The average Bonchev–Trinajstić information content (AvgIpc) is 2.54. The fraction of sp³-hybridized carbons (Fsp3) is 0.714. The van der Waals surface area contributed by atoms with Gasteiger partial charge in [-0.1, -0.05) is 0 Å².